The Balaban J connectivity index is 2.29. The molecule has 0 amide bonds. The highest BCUT2D eigenvalue weighted by Crippen LogP contribution is 2.32. The molecule has 0 atom stereocenters. The maximum Gasteiger partial charge on any atom is 0.335 e. The lowest BCUT2D eigenvalue weighted by atomic mass is 9.95. The molecule has 2 aromatic carbocycles. The van der Waals surface area contributed by atoms with E-state index in [9.17, 15) is 20.0 Å². The molecule has 0 unspecified atom stereocenters. The number of aromatic nitrogens is 2. The smallest absolute Gasteiger partial charge is 0.335 e. The van der Waals surface area contributed by atoms with Crippen LogP contribution >= 0.6 is 11.8 Å². The summed E-state index contributed by atoms with van der Waals surface area (Å²) in [5.41, 5.74) is 1.79. The zero-order chi connectivity index (χ0) is 18.7. The van der Waals surface area contributed by atoms with E-state index in [1.54, 1.807) is 48.7 Å². The molecule has 0 saturated carbocycles. The van der Waals surface area contributed by atoms with E-state index in [0.717, 1.165) is 0 Å². The van der Waals surface area contributed by atoms with Crippen LogP contribution in [0.15, 0.2) is 58.5 Å². The van der Waals surface area contributed by atoms with Gasteiger partial charge < -0.3 is 10.1 Å². The number of aromatic carboxylic acids is 1. The summed E-state index contributed by atoms with van der Waals surface area (Å²) in [6.07, 6.45) is 1.77. The zero-order valence-corrected chi connectivity index (χ0v) is 14.5. The van der Waals surface area contributed by atoms with Gasteiger partial charge in [-0.2, -0.15) is 5.26 Å². The molecule has 26 heavy (non-hydrogen) atoms. The van der Waals surface area contributed by atoms with Crippen molar-refractivity contribution >= 4 is 17.7 Å². The van der Waals surface area contributed by atoms with Gasteiger partial charge in [-0.05, 0) is 29.5 Å². The van der Waals surface area contributed by atoms with Gasteiger partial charge in [0, 0.05) is 5.56 Å². The summed E-state index contributed by atoms with van der Waals surface area (Å²) in [6, 6.07) is 15.6. The van der Waals surface area contributed by atoms with Crippen LogP contribution in [0.4, 0.5) is 0 Å². The summed E-state index contributed by atoms with van der Waals surface area (Å²) < 4.78 is 0. The minimum Gasteiger partial charge on any atom is -0.478 e. The average Bonchev–Trinajstić information content (AvgIpc) is 2.67. The second-order valence-electron chi connectivity index (χ2n) is 5.34. The van der Waals surface area contributed by atoms with Crippen LogP contribution in [-0.2, 0) is 0 Å². The van der Waals surface area contributed by atoms with Gasteiger partial charge in [-0.25, -0.2) is 9.78 Å². The Hall–Kier alpha value is -3.37. The molecule has 0 fully saturated rings. The van der Waals surface area contributed by atoms with Crippen LogP contribution < -0.4 is 5.56 Å². The van der Waals surface area contributed by atoms with Gasteiger partial charge in [-0.15, -0.1) is 0 Å². The Morgan fingerprint density at radius 2 is 1.92 bits per heavy atom. The number of nitriles is 1. The maximum atomic E-state index is 12.2. The van der Waals surface area contributed by atoms with Crippen molar-refractivity contribution in [3.63, 3.8) is 0 Å². The van der Waals surface area contributed by atoms with Crippen molar-refractivity contribution in [2.24, 2.45) is 0 Å². The molecular weight excluding hydrogens is 350 g/mol. The first-order valence-corrected chi connectivity index (χ1v) is 8.79. The number of carboxylic acid groups (broad SMARTS) is 1. The van der Waals surface area contributed by atoms with E-state index in [1.165, 1.54) is 17.8 Å². The SMILES string of the molecule is CSc1nc(-c2ccccc2-c2cccc(C(=O)O)c2)c(C#N)c(=O)[nH]1. The topological polar surface area (TPSA) is 107 Å². The van der Waals surface area contributed by atoms with Gasteiger partial charge in [0.25, 0.3) is 5.56 Å². The molecule has 2 N–H and O–H groups in total. The molecule has 3 aromatic rings. The molecule has 0 spiro atoms. The van der Waals surface area contributed by atoms with Gasteiger partial charge in [0.2, 0.25) is 0 Å². The van der Waals surface area contributed by atoms with Crippen molar-refractivity contribution in [1.29, 1.82) is 5.26 Å². The Morgan fingerprint density at radius 3 is 2.58 bits per heavy atom. The van der Waals surface area contributed by atoms with Crippen molar-refractivity contribution in [3.8, 4) is 28.5 Å². The number of hydrogen-bond donors (Lipinski definition) is 2. The summed E-state index contributed by atoms with van der Waals surface area (Å²) >= 11 is 1.27. The highest BCUT2D eigenvalue weighted by Gasteiger charge is 2.17. The fourth-order valence-electron chi connectivity index (χ4n) is 2.61. The highest BCUT2D eigenvalue weighted by molar-refractivity contribution is 7.98. The normalized spacial score (nSPS) is 10.3. The molecule has 1 heterocycles. The standard InChI is InChI=1S/C19H13N3O3S/c1-26-19-21-16(15(10-20)17(23)22-19)14-8-3-2-7-13(14)11-5-4-6-12(9-11)18(24)25/h2-9H,1H3,(H,24,25)(H,21,22,23). The first-order chi connectivity index (χ1) is 12.5. The van der Waals surface area contributed by atoms with E-state index in [0.29, 0.717) is 21.8 Å². The first-order valence-electron chi connectivity index (χ1n) is 7.56. The highest BCUT2D eigenvalue weighted by atomic mass is 32.2. The van der Waals surface area contributed by atoms with E-state index in [4.69, 9.17) is 0 Å². The quantitative estimate of drug-likeness (QED) is 0.543. The molecule has 0 aliphatic rings. The number of carbonyl (C=O) groups is 1. The third-order valence-electron chi connectivity index (χ3n) is 3.81. The van der Waals surface area contributed by atoms with E-state index in [-0.39, 0.29) is 16.8 Å². The predicted octanol–water partition coefficient (Wildman–Crippen LogP) is 3.40. The van der Waals surface area contributed by atoms with Crippen LogP contribution in [-0.4, -0.2) is 27.3 Å². The zero-order valence-electron chi connectivity index (χ0n) is 13.7. The summed E-state index contributed by atoms with van der Waals surface area (Å²) in [5.74, 6) is -1.03. The minimum atomic E-state index is -1.03. The number of nitrogens with zero attached hydrogens (tertiary/aromatic N) is 2. The molecule has 0 aliphatic heterocycles. The largest absolute Gasteiger partial charge is 0.478 e. The lowest BCUT2D eigenvalue weighted by Gasteiger charge is -2.11. The Bertz CT molecular complexity index is 1100. The van der Waals surface area contributed by atoms with Crippen molar-refractivity contribution in [1.82, 2.24) is 9.97 Å². The molecule has 0 radical (unpaired) electrons. The van der Waals surface area contributed by atoms with Crippen LogP contribution in [0, 0.1) is 11.3 Å². The maximum absolute atomic E-state index is 12.2. The number of H-pyrrole nitrogens is 1. The summed E-state index contributed by atoms with van der Waals surface area (Å²) in [4.78, 5) is 30.4. The van der Waals surface area contributed by atoms with Gasteiger partial charge in [-0.3, -0.25) is 4.79 Å². The van der Waals surface area contributed by atoms with Crippen molar-refractivity contribution in [2.75, 3.05) is 6.26 Å². The predicted molar refractivity (Wildman–Crippen MR) is 99.2 cm³/mol. The lowest BCUT2D eigenvalue weighted by molar-refractivity contribution is 0.0697. The molecule has 0 bridgehead atoms. The monoisotopic (exact) mass is 363 g/mol. The summed E-state index contributed by atoms with van der Waals surface area (Å²) in [6.45, 7) is 0. The van der Waals surface area contributed by atoms with Gasteiger partial charge in [0.15, 0.2) is 5.16 Å². The Kier molecular flexibility index (Phi) is 4.87. The fourth-order valence-corrected chi connectivity index (χ4v) is 2.99. The van der Waals surface area contributed by atoms with Crippen LogP contribution in [0.5, 0.6) is 0 Å². The number of carboxylic acids is 1. The van der Waals surface area contributed by atoms with E-state index in [2.05, 4.69) is 9.97 Å². The number of nitrogens with one attached hydrogen (secondary N) is 1. The molecular formula is C19H13N3O3S. The van der Waals surface area contributed by atoms with Crippen LogP contribution in [0.2, 0.25) is 0 Å². The van der Waals surface area contributed by atoms with Gasteiger partial charge in [-0.1, -0.05) is 48.2 Å². The Labute approximate surface area is 153 Å². The van der Waals surface area contributed by atoms with Gasteiger partial charge >= 0.3 is 5.97 Å². The average molecular weight is 363 g/mol. The third-order valence-corrected chi connectivity index (χ3v) is 4.39. The number of benzene rings is 2. The number of hydrogen-bond acceptors (Lipinski definition) is 5. The van der Waals surface area contributed by atoms with Crippen molar-refractivity contribution in [3.05, 3.63) is 70.0 Å². The third kappa shape index (κ3) is 3.23. The van der Waals surface area contributed by atoms with E-state index in [1.807, 2.05) is 6.07 Å². The van der Waals surface area contributed by atoms with Crippen molar-refractivity contribution in [2.45, 2.75) is 5.16 Å². The lowest BCUT2D eigenvalue weighted by Crippen LogP contribution is -2.14. The molecule has 6 nitrogen and oxygen atoms in total. The molecule has 7 heteroatoms. The number of thioether (sulfide) groups is 1. The van der Waals surface area contributed by atoms with Crippen LogP contribution in [0.25, 0.3) is 22.4 Å². The second kappa shape index (κ2) is 7.25. The first kappa shape index (κ1) is 17.5. The fraction of sp³-hybridized carbons (Fsp3) is 0.0526. The molecule has 0 saturated heterocycles. The second-order valence-corrected chi connectivity index (χ2v) is 6.14. The van der Waals surface area contributed by atoms with E-state index < -0.39 is 11.5 Å². The van der Waals surface area contributed by atoms with Gasteiger partial charge in [0.05, 0.1) is 11.3 Å². The van der Waals surface area contributed by atoms with Gasteiger partial charge in [0.1, 0.15) is 11.6 Å². The summed E-state index contributed by atoms with van der Waals surface area (Å²) in [7, 11) is 0. The van der Waals surface area contributed by atoms with Crippen LogP contribution in [0.3, 0.4) is 0 Å². The minimum absolute atomic E-state index is 0.0790. The number of rotatable bonds is 4. The van der Waals surface area contributed by atoms with Crippen LogP contribution in [0.1, 0.15) is 15.9 Å². The molecule has 3 rings (SSSR count). The molecule has 0 aliphatic carbocycles. The summed E-state index contributed by atoms with van der Waals surface area (Å²) in [5, 5.41) is 19.0. The molecule has 128 valence electrons. The van der Waals surface area contributed by atoms with E-state index >= 15 is 0 Å². The van der Waals surface area contributed by atoms with Crippen molar-refractivity contribution < 1.29 is 9.90 Å². The number of aromatic amines is 1. The molecule has 1 aromatic heterocycles. The Morgan fingerprint density at radius 1 is 1.19 bits per heavy atom.